The van der Waals surface area contributed by atoms with Crippen molar-refractivity contribution < 1.29 is 9.53 Å². The smallest absolute Gasteiger partial charge is 0.225 e. The van der Waals surface area contributed by atoms with E-state index in [4.69, 9.17) is 4.74 Å². The summed E-state index contributed by atoms with van der Waals surface area (Å²) < 4.78 is 5.15. The van der Waals surface area contributed by atoms with Gasteiger partial charge in [0.05, 0.1) is 7.11 Å². The van der Waals surface area contributed by atoms with Gasteiger partial charge in [-0.25, -0.2) is 0 Å². The lowest BCUT2D eigenvalue weighted by atomic mass is 9.95. The van der Waals surface area contributed by atoms with Crippen molar-refractivity contribution in [2.75, 3.05) is 13.7 Å². The van der Waals surface area contributed by atoms with Crippen LogP contribution in [-0.4, -0.2) is 19.6 Å². The fourth-order valence-electron chi connectivity index (χ4n) is 1.41. The highest BCUT2D eigenvalue weighted by molar-refractivity contribution is 5.81. The van der Waals surface area contributed by atoms with Gasteiger partial charge in [-0.05, 0) is 24.1 Å². The van der Waals surface area contributed by atoms with Crippen LogP contribution in [0.3, 0.4) is 0 Å². The summed E-state index contributed by atoms with van der Waals surface area (Å²) in [6, 6.07) is 7.89. The Morgan fingerprint density at radius 1 is 1.35 bits per heavy atom. The van der Waals surface area contributed by atoms with Gasteiger partial charge in [0.2, 0.25) is 5.91 Å². The fraction of sp³-hybridized carbons (Fsp3) is 0.500. The molecular formula is C14H21NO2. The number of nitrogens with one attached hydrogen (secondary N) is 1. The van der Waals surface area contributed by atoms with E-state index in [1.165, 1.54) is 5.56 Å². The van der Waals surface area contributed by atoms with Crippen molar-refractivity contribution in [3.05, 3.63) is 29.8 Å². The third kappa shape index (κ3) is 4.47. The number of methoxy groups -OCH3 is 1. The Bertz CT molecular complexity index is 380. The number of carbonyl (C=O) groups excluding carboxylic acids is 1. The second kappa shape index (κ2) is 5.71. The van der Waals surface area contributed by atoms with Gasteiger partial charge < -0.3 is 10.1 Å². The molecule has 1 N–H and O–H groups in total. The highest BCUT2D eigenvalue weighted by atomic mass is 16.5. The van der Waals surface area contributed by atoms with Gasteiger partial charge in [-0.2, -0.15) is 0 Å². The Balaban J connectivity index is 2.43. The van der Waals surface area contributed by atoms with Crippen molar-refractivity contribution in [1.82, 2.24) is 5.32 Å². The number of hydrogen-bond donors (Lipinski definition) is 1. The lowest BCUT2D eigenvalue weighted by molar-refractivity contribution is -0.128. The maximum Gasteiger partial charge on any atom is 0.225 e. The Hall–Kier alpha value is -1.51. The van der Waals surface area contributed by atoms with E-state index in [1.54, 1.807) is 7.11 Å². The van der Waals surface area contributed by atoms with Crippen molar-refractivity contribution in [3.63, 3.8) is 0 Å². The molecule has 0 heterocycles. The molecule has 94 valence electrons. The summed E-state index contributed by atoms with van der Waals surface area (Å²) in [5, 5.41) is 2.93. The first-order valence-electron chi connectivity index (χ1n) is 5.84. The van der Waals surface area contributed by atoms with E-state index in [1.807, 2.05) is 45.0 Å². The fourth-order valence-corrected chi connectivity index (χ4v) is 1.41. The van der Waals surface area contributed by atoms with E-state index >= 15 is 0 Å². The van der Waals surface area contributed by atoms with Crippen molar-refractivity contribution in [1.29, 1.82) is 0 Å². The molecule has 0 unspecified atom stereocenters. The predicted octanol–water partition coefficient (Wildman–Crippen LogP) is 2.40. The highest BCUT2D eigenvalue weighted by Crippen LogP contribution is 2.14. The van der Waals surface area contributed by atoms with Crippen LogP contribution in [0.5, 0.6) is 5.75 Å². The summed E-state index contributed by atoms with van der Waals surface area (Å²) in [6.45, 7) is 6.39. The van der Waals surface area contributed by atoms with Crippen LogP contribution in [0.2, 0.25) is 0 Å². The Morgan fingerprint density at radius 2 is 2.06 bits per heavy atom. The molecule has 0 saturated heterocycles. The second-order valence-electron chi connectivity index (χ2n) is 5.11. The van der Waals surface area contributed by atoms with Crippen molar-refractivity contribution in [2.24, 2.45) is 5.41 Å². The third-order valence-corrected chi connectivity index (χ3v) is 2.51. The molecule has 0 saturated carbocycles. The molecule has 1 aromatic carbocycles. The Labute approximate surface area is 103 Å². The quantitative estimate of drug-likeness (QED) is 0.870. The number of ether oxygens (including phenoxy) is 1. The molecule has 1 aromatic rings. The maximum atomic E-state index is 11.6. The molecule has 17 heavy (non-hydrogen) atoms. The summed E-state index contributed by atoms with van der Waals surface area (Å²) in [6.07, 6.45) is 0.818. The molecule has 0 bridgehead atoms. The average molecular weight is 235 g/mol. The van der Waals surface area contributed by atoms with Gasteiger partial charge in [0.1, 0.15) is 5.75 Å². The minimum Gasteiger partial charge on any atom is -0.497 e. The molecular weight excluding hydrogens is 214 g/mol. The van der Waals surface area contributed by atoms with Crippen LogP contribution in [0.25, 0.3) is 0 Å². The van der Waals surface area contributed by atoms with Crippen LogP contribution in [0.1, 0.15) is 26.3 Å². The van der Waals surface area contributed by atoms with Crippen molar-refractivity contribution in [3.8, 4) is 5.75 Å². The first-order valence-corrected chi connectivity index (χ1v) is 5.84. The van der Waals surface area contributed by atoms with E-state index in [0.717, 1.165) is 12.2 Å². The zero-order chi connectivity index (χ0) is 12.9. The van der Waals surface area contributed by atoms with Crippen LogP contribution in [0.15, 0.2) is 24.3 Å². The van der Waals surface area contributed by atoms with Crippen LogP contribution >= 0.6 is 0 Å². The van der Waals surface area contributed by atoms with E-state index in [0.29, 0.717) is 6.54 Å². The molecule has 0 aliphatic carbocycles. The molecule has 1 rings (SSSR count). The van der Waals surface area contributed by atoms with Gasteiger partial charge in [0.15, 0.2) is 0 Å². The molecule has 0 radical (unpaired) electrons. The summed E-state index contributed by atoms with van der Waals surface area (Å²) in [7, 11) is 1.65. The van der Waals surface area contributed by atoms with Gasteiger partial charge in [-0.3, -0.25) is 4.79 Å². The lowest BCUT2D eigenvalue weighted by Crippen LogP contribution is -2.35. The molecule has 0 fully saturated rings. The normalized spacial score (nSPS) is 11.1. The van der Waals surface area contributed by atoms with Gasteiger partial charge in [-0.1, -0.05) is 32.9 Å². The molecule has 3 nitrogen and oxygen atoms in total. The zero-order valence-electron chi connectivity index (χ0n) is 11.0. The zero-order valence-corrected chi connectivity index (χ0v) is 11.0. The molecule has 0 atom stereocenters. The summed E-state index contributed by atoms with van der Waals surface area (Å²) in [5.74, 6) is 0.935. The van der Waals surface area contributed by atoms with Gasteiger partial charge in [-0.15, -0.1) is 0 Å². The molecule has 0 aliphatic rings. The van der Waals surface area contributed by atoms with Crippen molar-refractivity contribution >= 4 is 5.91 Å². The first-order chi connectivity index (χ1) is 7.93. The Kier molecular flexibility index (Phi) is 4.55. The number of hydrogen-bond acceptors (Lipinski definition) is 2. The largest absolute Gasteiger partial charge is 0.497 e. The molecule has 3 heteroatoms. The second-order valence-corrected chi connectivity index (χ2v) is 5.11. The van der Waals surface area contributed by atoms with Crippen molar-refractivity contribution in [2.45, 2.75) is 27.2 Å². The molecule has 1 amide bonds. The van der Waals surface area contributed by atoms with E-state index in [2.05, 4.69) is 5.32 Å². The van der Waals surface area contributed by atoms with E-state index < -0.39 is 0 Å². The number of amides is 1. The average Bonchev–Trinajstić information content (AvgIpc) is 2.28. The van der Waals surface area contributed by atoms with Crippen LogP contribution in [0, 0.1) is 5.41 Å². The Morgan fingerprint density at radius 3 is 2.65 bits per heavy atom. The van der Waals surface area contributed by atoms with Gasteiger partial charge in [0, 0.05) is 12.0 Å². The van der Waals surface area contributed by atoms with Crippen LogP contribution in [-0.2, 0) is 11.2 Å². The number of rotatable bonds is 4. The van der Waals surface area contributed by atoms with Gasteiger partial charge >= 0.3 is 0 Å². The number of carbonyl (C=O) groups is 1. The topological polar surface area (TPSA) is 38.3 Å². The summed E-state index contributed by atoms with van der Waals surface area (Å²) in [4.78, 5) is 11.6. The third-order valence-electron chi connectivity index (χ3n) is 2.51. The monoisotopic (exact) mass is 235 g/mol. The summed E-state index contributed by atoms with van der Waals surface area (Å²) >= 11 is 0. The van der Waals surface area contributed by atoms with E-state index in [-0.39, 0.29) is 11.3 Å². The highest BCUT2D eigenvalue weighted by Gasteiger charge is 2.20. The van der Waals surface area contributed by atoms with Crippen LogP contribution < -0.4 is 10.1 Å². The molecule has 0 aromatic heterocycles. The van der Waals surface area contributed by atoms with E-state index in [9.17, 15) is 4.79 Å². The predicted molar refractivity (Wildman–Crippen MR) is 69.2 cm³/mol. The standard InChI is InChI=1S/C14H21NO2/c1-14(2,3)13(16)15-9-8-11-6-5-7-12(10-11)17-4/h5-7,10H,8-9H2,1-4H3,(H,15,16). The minimum absolute atomic E-state index is 0.0837. The lowest BCUT2D eigenvalue weighted by Gasteiger charge is -2.17. The molecule has 0 spiro atoms. The SMILES string of the molecule is COc1cccc(CCNC(=O)C(C)(C)C)c1. The molecule has 0 aliphatic heterocycles. The van der Waals surface area contributed by atoms with Gasteiger partial charge in [0.25, 0.3) is 0 Å². The first kappa shape index (κ1) is 13.6. The summed E-state index contributed by atoms with van der Waals surface area (Å²) in [5.41, 5.74) is 0.840. The number of benzene rings is 1. The minimum atomic E-state index is -0.325. The van der Waals surface area contributed by atoms with Crippen LogP contribution in [0.4, 0.5) is 0 Å². The maximum absolute atomic E-state index is 11.6.